The van der Waals surface area contributed by atoms with Crippen molar-refractivity contribution in [2.24, 2.45) is 0 Å². The van der Waals surface area contributed by atoms with Crippen molar-refractivity contribution in [1.82, 2.24) is 14.3 Å². The molecule has 1 atom stereocenters. The van der Waals surface area contributed by atoms with Gasteiger partial charge in [0.05, 0.1) is 35.5 Å². The Hall–Kier alpha value is -2.57. The Morgan fingerprint density at radius 2 is 1.92 bits per heavy atom. The Bertz CT molecular complexity index is 863. The molecule has 0 N–H and O–H groups in total. The highest BCUT2D eigenvalue weighted by Gasteiger charge is 2.34. The van der Waals surface area contributed by atoms with E-state index in [1.165, 1.54) is 28.6 Å². The molecular weight excluding hydrogens is 335 g/mol. The maximum Gasteiger partial charge on any atom is 0.316 e. The second kappa shape index (κ2) is 6.51. The third-order valence-electron chi connectivity index (χ3n) is 3.60. The molecule has 1 aromatic carbocycles. The van der Waals surface area contributed by atoms with Gasteiger partial charge in [0, 0.05) is 6.54 Å². The van der Waals surface area contributed by atoms with Crippen LogP contribution in [0.1, 0.15) is 12.0 Å². The molecule has 124 valence electrons. The van der Waals surface area contributed by atoms with E-state index in [1.807, 2.05) is 6.07 Å². The smallest absolute Gasteiger partial charge is 0.316 e. The van der Waals surface area contributed by atoms with Gasteiger partial charge in [-0.05, 0) is 30.7 Å². The summed E-state index contributed by atoms with van der Waals surface area (Å²) in [6.45, 7) is 0.456. The van der Waals surface area contributed by atoms with Crippen LogP contribution in [0.15, 0.2) is 41.6 Å². The fraction of sp³-hybridized carbons (Fsp3) is 0.267. The Kier molecular flexibility index (Phi) is 4.42. The van der Waals surface area contributed by atoms with Crippen molar-refractivity contribution >= 4 is 10.0 Å². The van der Waals surface area contributed by atoms with Gasteiger partial charge in [0.25, 0.3) is 0 Å². The van der Waals surface area contributed by atoms with E-state index < -0.39 is 21.9 Å². The van der Waals surface area contributed by atoms with Crippen LogP contribution in [0.5, 0.6) is 6.01 Å². The number of sulfonamides is 1. The third kappa shape index (κ3) is 3.34. The molecule has 1 aromatic heterocycles. The predicted octanol–water partition coefficient (Wildman–Crippen LogP) is 1.33. The normalized spacial score (nSPS) is 18.2. The maximum atomic E-state index is 12.8. The minimum Gasteiger partial charge on any atom is -0.459 e. The van der Waals surface area contributed by atoms with Crippen LogP contribution in [0.25, 0.3) is 0 Å². The molecule has 1 unspecified atom stereocenters. The van der Waals surface area contributed by atoms with Crippen molar-refractivity contribution in [2.75, 3.05) is 13.1 Å². The Morgan fingerprint density at radius 1 is 1.25 bits per heavy atom. The number of aromatic nitrogens is 2. The van der Waals surface area contributed by atoms with Crippen molar-refractivity contribution in [2.45, 2.75) is 17.4 Å². The van der Waals surface area contributed by atoms with E-state index in [4.69, 9.17) is 10.00 Å². The van der Waals surface area contributed by atoms with Crippen LogP contribution < -0.4 is 4.74 Å². The summed E-state index contributed by atoms with van der Waals surface area (Å²) in [5, 5.41) is 8.77. The summed E-state index contributed by atoms with van der Waals surface area (Å²) in [4.78, 5) is 7.52. The number of halogens is 1. The summed E-state index contributed by atoms with van der Waals surface area (Å²) in [7, 11) is -3.65. The van der Waals surface area contributed by atoms with Crippen LogP contribution in [0.3, 0.4) is 0 Å². The maximum absolute atomic E-state index is 12.8. The van der Waals surface area contributed by atoms with Gasteiger partial charge in [0.15, 0.2) is 5.82 Å². The summed E-state index contributed by atoms with van der Waals surface area (Å²) in [6, 6.07) is 7.70. The molecule has 24 heavy (non-hydrogen) atoms. The number of nitriles is 1. The van der Waals surface area contributed by atoms with Crippen molar-refractivity contribution < 1.29 is 17.5 Å². The average Bonchev–Trinajstić information content (AvgIpc) is 3.06. The molecule has 2 heterocycles. The fourth-order valence-corrected chi connectivity index (χ4v) is 3.86. The van der Waals surface area contributed by atoms with Crippen molar-refractivity contribution in [1.29, 1.82) is 5.26 Å². The number of benzene rings is 1. The molecule has 3 rings (SSSR count). The van der Waals surface area contributed by atoms with E-state index in [2.05, 4.69) is 9.97 Å². The molecule has 0 amide bonds. The first-order valence-corrected chi connectivity index (χ1v) is 8.57. The molecule has 1 fully saturated rings. The molecule has 1 aliphatic rings. The summed E-state index contributed by atoms with van der Waals surface area (Å²) in [5.74, 6) is -0.571. The number of rotatable bonds is 4. The van der Waals surface area contributed by atoms with Gasteiger partial charge in [-0.25, -0.2) is 22.8 Å². The molecular formula is C15H13FN4O3S. The molecule has 0 saturated carbocycles. The summed E-state index contributed by atoms with van der Waals surface area (Å²) >= 11 is 0. The van der Waals surface area contributed by atoms with E-state index in [9.17, 15) is 12.8 Å². The number of nitrogens with zero attached hydrogens (tertiary/aromatic N) is 4. The second-order valence-corrected chi connectivity index (χ2v) is 7.15. The summed E-state index contributed by atoms with van der Waals surface area (Å²) in [6.07, 6.45) is 2.06. The van der Waals surface area contributed by atoms with Gasteiger partial charge in [0.2, 0.25) is 10.0 Å². The first kappa shape index (κ1) is 16.3. The zero-order valence-corrected chi connectivity index (χ0v) is 13.3. The van der Waals surface area contributed by atoms with Crippen LogP contribution >= 0.6 is 0 Å². The van der Waals surface area contributed by atoms with Crippen LogP contribution in [0.4, 0.5) is 4.39 Å². The van der Waals surface area contributed by atoms with Gasteiger partial charge in [-0.1, -0.05) is 0 Å². The van der Waals surface area contributed by atoms with Gasteiger partial charge in [-0.3, -0.25) is 0 Å². The summed E-state index contributed by atoms with van der Waals surface area (Å²) < 4.78 is 44.7. The predicted molar refractivity (Wildman–Crippen MR) is 80.9 cm³/mol. The van der Waals surface area contributed by atoms with Crippen LogP contribution in [0, 0.1) is 17.1 Å². The van der Waals surface area contributed by atoms with Gasteiger partial charge >= 0.3 is 6.01 Å². The zero-order chi connectivity index (χ0) is 17.2. The number of ether oxygens (including phenoxy) is 1. The lowest BCUT2D eigenvalue weighted by molar-refractivity contribution is 0.197. The van der Waals surface area contributed by atoms with E-state index in [0.29, 0.717) is 18.5 Å². The van der Waals surface area contributed by atoms with Crippen molar-refractivity contribution in [3.8, 4) is 12.1 Å². The van der Waals surface area contributed by atoms with E-state index >= 15 is 0 Å². The first-order valence-electron chi connectivity index (χ1n) is 7.13. The third-order valence-corrected chi connectivity index (χ3v) is 5.48. The van der Waals surface area contributed by atoms with Gasteiger partial charge in [-0.2, -0.15) is 9.57 Å². The Morgan fingerprint density at radius 3 is 2.54 bits per heavy atom. The van der Waals surface area contributed by atoms with Crippen molar-refractivity contribution in [3.05, 3.63) is 48.0 Å². The molecule has 0 aliphatic carbocycles. The van der Waals surface area contributed by atoms with E-state index in [-0.39, 0.29) is 17.5 Å². The highest BCUT2D eigenvalue weighted by molar-refractivity contribution is 7.89. The second-order valence-electron chi connectivity index (χ2n) is 5.21. The minimum atomic E-state index is -3.65. The Labute approximate surface area is 138 Å². The number of hydrogen-bond donors (Lipinski definition) is 0. The van der Waals surface area contributed by atoms with Crippen LogP contribution in [-0.2, 0) is 10.0 Å². The SMILES string of the molecule is N#Cc1ccc(S(=O)(=O)N2CCC(Oc3ncc(F)cn3)C2)cc1. The molecule has 7 nitrogen and oxygen atoms in total. The van der Waals surface area contributed by atoms with E-state index in [1.54, 1.807) is 0 Å². The van der Waals surface area contributed by atoms with Gasteiger partial charge < -0.3 is 4.74 Å². The van der Waals surface area contributed by atoms with Gasteiger partial charge in [-0.15, -0.1) is 0 Å². The molecule has 1 saturated heterocycles. The highest BCUT2D eigenvalue weighted by Crippen LogP contribution is 2.23. The van der Waals surface area contributed by atoms with Crippen LogP contribution in [-0.4, -0.2) is 41.9 Å². The quantitative estimate of drug-likeness (QED) is 0.827. The largest absolute Gasteiger partial charge is 0.459 e. The van der Waals surface area contributed by atoms with Gasteiger partial charge in [0.1, 0.15) is 6.10 Å². The molecule has 1 aliphatic heterocycles. The lowest BCUT2D eigenvalue weighted by Gasteiger charge is -2.16. The van der Waals surface area contributed by atoms with Crippen molar-refractivity contribution in [3.63, 3.8) is 0 Å². The lowest BCUT2D eigenvalue weighted by atomic mass is 10.2. The molecule has 0 spiro atoms. The lowest BCUT2D eigenvalue weighted by Crippen LogP contribution is -2.31. The number of hydrogen-bond acceptors (Lipinski definition) is 6. The molecule has 0 bridgehead atoms. The fourth-order valence-electron chi connectivity index (χ4n) is 2.37. The topological polar surface area (TPSA) is 96.2 Å². The highest BCUT2D eigenvalue weighted by atomic mass is 32.2. The summed E-state index contributed by atoms with van der Waals surface area (Å²) in [5.41, 5.74) is 0.394. The monoisotopic (exact) mass is 348 g/mol. The molecule has 2 aromatic rings. The first-order chi connectivity index (χ1) is 11.5. The molecule has 0 radical (unpaired) electrons. The average molecular weight is 348 g/mol. The van der Waals surface area contributed by atoms with E-state index in [0.717, 1.165) is 12.4 Å². The van der Waals surface area contributed by atoms with Crippen LogP contribution in [0.2, 0.25) is 0 Å². The Balaban J connectivity index is 1.69. The molecule has 9 heteroatoms. The zero-order valence-electron chi connectivity index (χ0n) is 12.5. The minimum absolute atomic E-state index is 0.0130. The standard InChI is InChI=1S/C15H13FN4O3S/c16-12-8-18-15(19-9-12)23-13-5-6-20(10-13)24(21,22)14-3-1-11(7-17)2-4-14/h1-4,8-9,13H,5-6,10H2.